The van der Waals surface area contributed by atoms with Gasteiger partial charge in [0.15, 0.2) is 18.1 Å². The van der Waals surface area contributed by atoms with Crippen molar-refractivity contribution in [2.24, 2.45) is 0 Å². The van der Waals surface area contributed by atoms with Gasteiger partial charge in [0.05, 0.1) is 0 Å². The molecule has 2 N–H and O–H groups in total. The second kappa shape index (κ2) is 7.77. The van der Waals surface area contributed by atoms with E-state index in [1.54, 1.807) is 24.3 Å². The Balaban J connectivity index is 1.46. The minimum Gasteiger partial charge on any atom is -0.485 e. The van der Waals surface area contributed by atoms with Gasteiger partial charge in [0.25, 0.3) is 11.8 Å². The maximum atomic E-state index is 12.1. The zero-order valence-electron chi connectivity index (χ0n) is 14.6. The number of carbonyl (C=O) groups is 2. The van der Waals surface area contributed by atoms with Crippen LogP contribution in [0.15, 0.2) is 42.5 Å². The first kappa shape index (κ1) is 17.6. The van der Waals surface area contributed by atoms with Gasteiger partial charge in [-0.05, 0) is 43.2 Å². The molecular weight excluding hydrogens is 336 g/mol. The highest BCUT2D eigenvalue weighted by molar-refractivity contribution is 5.85. The number of para-hydroxylation sites is 2. The molecule has 1 aliphatic heterocycles. The van der Waals surface area contributed by atoms with Crippen molar-refractivity contribution in [3.63, 3.8) is 0 Å². The summed E-state index contributed by atoms with van der Waals surface area (Å²) in [6.07, 6.45) is -0.842. The van der Waals surface area contributed by atoms with E-state index in [0.29, 0.717) is 17.2 Å². The number of nitrogens with one attached hydrogen (secondary N) is 2. The molecule has 0 fully saturated rings. The Hall–Kier alpha value is -3.22. The molecule has 0 saturated heterocycles. The zero-order valence-corrected chi connectivity index (χ0v) is 14.6. The molecule has 0 radical (unpaired) electrons. The molecule has 7 heteroatoms. The lowest BCUT2D eigenvalue weighted by Gasteiger charge is -2.25. The number of ether oxygens (including phenoxy) is 3. The highest BCUT2D eigenvalue weighted by atomic mass is 16.6. The van der Waals surface area contributed by atoms with Crippen LogP contribution >= 0.6 is 0 Å². The van der Waals surface area contributed by atoms with Crippen molar-refractivity contribution in [1.29, 1.82) is 0 Å². The number of hydrazine groups is 1. The molecule has 1 heterocycles. The maximum absolute atomic E-state index is 12.1. The third-order valence-electron chi connectivity index (χ3n) is 4.04. The van der Waals surface area contributed by atoms with Gasteiger partial charge in [-0.2, -0.15) is 0 Å². The molecule has 2 aromatic rings. The van der Waals surface area contributed by atoms with Gasteiger partial charge < -0.3 is 14.2 Å². The minimum atomic E-state index is -0.842. The van der Waals surface area contributed by atoms with Crippen LogP contribution in [0.5, 0.6) is 17.2 Å². The van der Waals surface area contributed by atoms with Crippen molar-refractivity contribution in [2.45, 2.75) is 20.0 Å². The summed E-state index contributed by atoms with van der Waals surface area (Å²) in [5.74, 6) is 0.731. The quantitative estimate of drug-likeness (QED) is 0.814. The second-order valence-electron chi connectivity index (χ2n) is 5.89. The lowest BCUT2D eigenvalue weighted by Crippen LogP contribution is -2.51. The van der Waals surface area contributed by atoms with Crippen molar-refractivity contribution >= 4 is 11.8 Å². The molecule has 0 spiro atoms. The Morgan fingerprint density at radius 3 is 2.65 bits per heavy atom. The van der Waals surface area contributed by atoms with E-state index in [4.69, 9.17) is 14.2 Å². The van der Waals surface area contributed by atoms with Gasteiger partial charge in [0, 0.05) is 0 Å². The van der Waals surface area contributed by atoms with Crippen LogP contribution in [0.4, 0.5) is 0 Å². The zero-order chi connectivity index (χ0) is 18.5. The van der Waals surface area contributed by atoms with Crippen molar-refractivity contribution in [3.05, 3.63) is 53.6 Å². The van der Waals surface area contributed by atoms with E-state index in [2.05, 4.69) is 10.9 Å². The van der Waals surface area contributed by atoms with Gasteiger partial charge in [-0.1, -0.05) is 24.3 Å². The highest BCUT2D eigenvalue weighted by Gasteiger charge is 2.27. The van der Waals surface area contributed by atoms with E-state index < -0.39 is 17.9 Å². The Labute approximate surface area is 151 Å². The summed E-state index contributed by atoms with van der Waals surface area (Å²) in [5, 5.41) is 0. The van der Waals surface area contributed by atoms with E-state index in [9.17, 15) is 9.59 Å². The highest BCUT2D eigenvalue weighted by Crippen LogP contribution is 2.30. The molecule has 26 heavy (non-hydrogen) atoms. The monoisotopic (exact) mass is 356 g/mol. The predicted molar refractivity (Wildman–Crippen MR) is 94.0 cm³/mol. The first-order valence-electron chi connectivity index (χ1n) is 8.21. The lowest BCUT2D eigenvalue weighted by atomic mass is 10.1. The molecular formula is C19H20N2O5. The molecule has 0 saturated carbocycles. The summed E-state index contributed by atoms with van der Waals surface area (Å²) >= 11 is 0. The molecule has 2 aromatic carbocycles. The standard InChI is InChI=1S/C19H20N2O5/c1-12-6-5-9-14(13(12)2)25-11-18(22)20-21-19(23)17-10-24-15-7-3-4-8-16(15)26-17/h3-9,17H,10-11H2,1-2H3,(H,20,22)(H,21,23)/t17-/m0/s1. The third kappa shape index (κ3) is 4.05. The fourth-order valence-corrected chi connectivity index (χ4v) is 2.42. The van der Waals surface area contributed by atoms with Crippen LogP contribution in [-0.2, 0) is 9.59 Å². The van der Waals surface area contributed by atoms with Crippen molar-refractivity contribution in [3.8, 4) is 17.2 Å². The average Bonchev–Trinajstić information content (AvgIpc) is 2.66. The first-order chi connectivity index (χ1) is 12.5. The Morgan fingerprint density at radius 1 is 1.08 bits per heavy atom. The number of rotatable bonds is 4. The number of benzene rings is 2. The van der Waals surface area contributed by atoms with Crippen LogP contribution < -0.4 is 25.1 Å². The summed E-state index contributed by atoms with van der Waals surface area (Å²) in [5.41, 5.74) is 6.67. The molecule has 1 aliphatic rings. The topological polar surface area (TPSA) is 85.9 Å². The summed E-state index contributed by atoms with van der Waals surface area (Å²) in [7, 11) is 0. The van der Waals surface area contributed by atoms with E-state index >= 15 is 0 Å². The SMILES string of the molecule is Cc1cccc(OCC(=O)NNC(=O)[C@@H]2COc3ccccc3O2)c1C. The number of fused-ring (bicyclic) bond motifs is 1. The molecule has 3 rings (SSSR count). The van der Waals surface area contributed by atoms with Crippen LogP contribution in [0.2, 0.25) is 0 Å². The molecule has 136 valence electrons. The second-order valence-corrected chi connectivity index (χ2v) is 5.89. The molecule has 2 amide bonds. The van der Waals surface area contributed by atoms with Crippen molar-refractivity contribution < 1.29 is 23.8 Å². The van der Waals surface area contributed by atoms with Crippen LogP contribution in [0.25, 0.3) is 0 Å². The molecule has 0 aromatic heterocycles. The summed E-state index contributed by atoms with van der Waals surface area (Å²) in [6, 6.07) is 12.7. The molecule has 0 bridgehead atoms. The number of amides is 2. The van der Waals surface area contributed by atoms with Gasteiger partial charge in [-0.25, -0.2) is 0 Å². The summed E-state index contributed by atoms with van der Waals surface area (Å²) < 4.78 is 16.5. The average molecular weight is 356 g/mol. The maximum Gasteiger partial charge on any atom is 0.283 e. The fraction of sp³-hybridized carbons (Fsp3) is 0.263. The van der Waals surface area contributed by atoms with E-state index in [0.717, 1.165) is 11.1 Å². The van der Waals surface area contributed by atoms with Gasteiger partial charge in [0.2, 0.25) is 6.10 Å². The predicted octanol–water partition coefficient (Wildman–Crippen LogP) is 1.67. The summed E-state index contributed by atoms with van der Waals surface area (Å²) in [6.45, 7) is 3.74. The smallest absolute Gasteiger partial charge is 0.283 e. The molecule has 1 atom stereocenters. The van der Waals surface area contributed by atoms with Crippen molar-refractivity contribution in [2.75, 3.05) is 13.2 Å². The van der Waals surface area contributed by atoms with Gasteiger partial charge >= 0.3 is 0 Å². The lowest BCUT2D eigenvalue weighted by molar-refractivity contribution is -0.135. The van der Waals surface area contributed by atoms with E-state index in [1.807, 2.05) is 32.0 Å². The van der Waals surface area contributed by atoms with Crippen LogP contribution in [-0.4, -0.2) is 31.1 Å². The number of aryl methyl sites for hydroxylation is 1. The van der Waals surface area contributed by atoms with Gasteiger partial charge in [0.1, 0.15) is 12.4 Å². The molecule has 7 nitrogen and oxygen atoms in total. The number of carbonyl (C=O) groups excluding carboxylic acids is 2. The van der Waals surface area contributed by atoms with E-state index in [-0.39, 0.29) is 13.2 Å². The van der Waals surface area contributed by atoms with Crippen LogP contribution in [0, 0.1) is 13.8 Å². The Bertz CT molecular complexity index is 821. The Morgan fingerprint density at radius 2 is 1.85 bits per heavy atom. The molecule has 0 unspecified atom stereocenters. The first-order valence-corrected chi connectivity index (χ1v) is 8.21. The van der Waals surface area contributed by atoms with Crippen LogP contribution in [0.1, 0.15) is 11.1 Å². The fourth-order valence-electron chi connectivity index (χ4n) is 2.42. The van der Waals surface area contributed by atoms with Crippen LogP contribution in [0.3, 0.4) is 0 Å². The molecule has 0 aliphatic carbocycles. The largest absolute Gasteiger partial charge is 0.485 e. The minimum absolute atomic E-state index is 0.0672. The number of hydrogen-bond donors (Lipinski definition) is 2. The summed E-state index contributed by atoms with van der Waals surface area (Å²) in [4.78, 5) is 24.0. The van der Waals surface area contributed by atoms with Gasteiger partial charge in [-0.3, -0.25) is 20.4 Å². The Kier molecular flexibility index (Phi) is 5.26. The van der Waals surface area contributed by atoms with E-state index in [1.165, 1.54) is 0 Å². The number of hydrogen-bond acceptors (Lipinski definition) is 5. The third-order valence-corrected chi connectivity index (χ3v) is 4.04. The normalized spacial score (nSPS) is 15.1. The van der Waals surface area contributed by atoms with Gasteiger partial charge in [-0.15, -0.1) is 0 Å². The van der Waals surface area contributed by atoms with Crippen molar-refractivity contribution in [1.82, 2.24) is 10.9 Å².